The molecule has 2 aliphatic rings. The Morgan fingerprint density at radius 3 is 2.94 bits per heavy atom. The lowest BCUT2D eigenvalue weighted by atomic mass is 10.0. The van der Waals surface area contributed by atoms with Gasteiger partial charge >= 0.3 is 0 Å². The number of nitrogens with one attached hydrogen (secondary N) is 1. The molecular formula is C25H32N4O4. The van der Waals surface area contributed by atoms with Crippen molar-refractivity contribution in [3.8, 4) is 17.0 Å². The first kappa shape index (κ1) is 22.1. The summed E-state index contributed by atoms with van der Waals surface area (Å²) in [5, 5.41) is 4.04. The van der Waals surface area contributed by atoms with Crippen LogP contribution in [-0.2, 0) is 18.3 Å². The number of nitrogens with zero attached hydrogens (tertiary/aromatic N) is 3. The van der Waals surface area contributed by atoms with Crippen molar-refractivity contribution in [3.63, 3.8) is 0 Å². The predicted molar refractivity (Wildman–Crippen MR) is 126 cm³/mol. The van der Waals surface area contributed by atoms with Gasteiger partial charge in [-0.1, -0.05) is 0 Å². The molecule has 1 atom stereocenters. The Labute approximate surface area is 193 Å². The van der Waals surface area contributed by atoms with Crippen LogP contribution in [0.3, 0.4) is 0 Å². The van der Waals surface area contributed by atoms with E-state index >= 15 is 0 Å². The summed E-state index contributed by atoms with van der Waals surface area (Å²) in [6.07, 6.45) is 5.52. The summed E-state index contributed by atoms with van der Waals surface area (Å²) in [7, 11) is 1.77. The molecular weight excluding hydrogens is 420 g/mol. The van der Waals surface area contributed by atoms with Gasteiger partial charge in [-0.05, 0) is 43.4 Å². The number of fused-ring (bicyclic) bond motifs is 1. The molecule has 0 bridgehead atoms. The fourth-order valence-corrected chi connectivity index (χ4v) is 4.73. The van der Waals surface area contributed by atoms with E-state index < -0.39 is 0 Å². The summed E-state index contributed by atoms with van der Waals surface area (Å²) in [6.45, 7) is 7.89. The molecule has 2 aliphatic heterocycles. The fourth-order valence-electron chi connectivity index (χ4n) is 4.73. The predicted octanol–water partition coefficient (Wildman–Crippen LogP) is 2.79. The second kappa shape index (κ2) is 9.67. The van der Waals surface area contributed by atoms with Crippen LogP contribution in [0.25, 0.3) is 22.1 Å². The number of hydrogen-bond donors (Lipinski definition) is 1. The molecule has 0 aliphatic carbocycles. The van der Waals surface area contributed by atoms with E-state index in [1.54, 1.807) is 24.0 Å². The highest BCUT2D eigenvalue weighted by Gasteiger charge is 2.25. The van der Waals surface area contributed by atoms with Gasteiger partial charge < -0.3 is 23.8 Å². The zero-order chi connectivity index (χ0) is 22.8. The van der Waals surface area contributed by atoms with Crippen molar-refractivity contribution in [1.82, 2.24) is 19.8 Å². The number of furan rings is 1. The molecule has 8 heteroatoms. The van der Waals surface area contributed by atoms with Crippen molar-refractivity contribution in [2.24, 2.45) is 13.0 Å². The van der Waals surface area contributed by atoms with Crippen molar-refractivity contribution in [1.29, 1.82) is 0 Å². The highest BCUT2D eigenvalue weighted by atomic mass is 16.5. The Morgan fingerprint density at radius 1 is 1.27 bits per heavy atom. The summed E-state index contributed by atoms with van der Waals surface area (Å²) in [4.78, 5) is 19.9. The number of rotatable bonds is 6. The number of aromatic nitrogens is 2. The molecule has 3 aromatic rings. The highest BCUT2D eigenvalue weighted by molar-refractivity contribution is 5.95. The standard InChI is InChI=1S/C25H32N4O4/c1-17-14-26-8-10-29(17)15-21-23(24-20(33-21)4-9-28(2)25(24)30)19-3-7-27-22(13-19)32-16-18-5-11-31-12-6-18/h3-4,7,9,13,17-18,26H,5-6,8,10-12,14-16H2,1-2H3. The van der Waals surface area contributed by atoms with Crippen LogP contribution in [-0.4, -0.2) is 59.9 Å². The Kier molecular flexibility index (Phi) is 6.48. The highest BCUT2D eigenvalue weighted by Crippen LogP contribution is 2.35. The quantitative estimate of drug-likeness (QED) is 0.616. The molecule has 5 rings (SSSR count). The van der Waals surface area contributed by atoms with Crippen LogP contribution in [0.15, 0.2) is 39.8 Å². The topological polar surface area (TPSA) is 81.8 Å². The summed E-state index contributed by atoms with van der Waals surface area (Å²) >= 11 is 0. The average Bonchev–Trinajstić information content (AvgIpc) is 3.21. The second-order valence-corrected chi connectivity index (χ2v) is 9.14. The molecule has 0 amide bonds. The molecule has 0 aromatic carbocycles. The van der Waals surface area contributed by atoms with Crippen molar-refractivity contribution < 1.29 is 13.9 Å². The summed E-state index contributed by atoms with van der Waals surface area (Å²) < 4.78 is 19.4. The smallest absolute Gasteiger partial charge is 0.262 e. The van der Waals surface area contributed by atoms with E-state index in [-0.39, 0.29) is 5.56 Å². The Bertz CT molecular complexity index is 1160. The number of pyridine rings is 2. The van der Waals surface area contributed by atoms with Gasteiger partial charge in [0.1, 0.15) is 11.3 Å². The van der Waals surface area contributed by atoms with E-state index in [0.29, 0.717) is 42.0 Å². The van der Waals surface area contributed by atoms with Crippen molar-refractivity contribution in [3.05, 3.63) is 46.7 Å². The molecule has 0 radical (unpaired) electrons. The van der Waals surface area contributed by atoms with Crippen LogP contribution in [0.4, 0.5) is 0 Å². The van der Waals surface area contributed by atoms with Crippen LogP contribution in [0.1, 0.15) is 25.5 Å². The van der Waals surface area contributed by atoms with Crippen LogP contribution in [0, 0.1) is 5.92 Å². The van der Waals surface area contributed by atoms with Gasteiger partial charge in [0.2, 0.25) is 5.88 Å². The Morgan fingerprint density at radius 2 is 2.12 bits per heavy atom. The van der Waals surface area contributed by atoms with E-state index in [0.717, 1.165) is 62.6 Å². The zero-order valence-corrected chi connectivity index (χ0v) is 19.4. The van der Waals surface area contributed by atoms with Crippen LogP contribution in [0.2, 0.25) is 0 Å². The average molecular weight is 453 g/mol. The van der Waals surface area contributed by atoms with Gasteiger partial charge in [0, 0.05) is 70.0 Å². The largest absolute Gasteiger partial charge is 0.477 e. The van der Waals surface area contributed by atoms with Gasteiger partial charge in [0.25, 0.3) is 5.56 Å². The minimum atomic E-state index is -0.0626. The molecule has 1 unspecified atom stereocenters. The van der Waals surface area contributed by atoms with E-state index in [9.17, 15) is 4.79 Å². The van der Waals surface area contributed by atoms with E-state index in [4.69, 9.17) is 13.9 Å². The van der Waals surface area contributed by atoms with Gasteiger partial charge in [-0.3, -0.25) is 9.69 Å². The number of piperazine rings is 1. The molecule has 3 aromatic heterocycles. The minimum absolute atomic E-state index is 0.0626. The van der Waals surface area contributed by atoms with Crippen molar-refractivity contribution in [2.75, 3.05) is 39.5 Å². The molecule has 33 heavy (non-hydrogen) atoms. The van der Waals surface area contributed by atoms with Gasteiger partial charge in [-0.2, -0.15) is 0 Å². The lowest BCUT2D eigenvalue weighted by Gasteiger charge is -2.33. The maximum atomic E-state index is 13.1. The van der Waals surface area contributed by atoms with Gasteiger partial charge in [0.15, 0.2) is 0 Å². The van der Waals surface area contributed by atoms with Gasteiger partial charge in [-0.15, -0.1) is 0 Å². The molecule has 2 saturated heterocycles. The number of hydrogen-bond acceptors (Lipinski definition) is 7. The summed E-state index contributed by atoms with van der Waals surface area (Å²) in [6, 6.07) is 6.12. The van der Waals surface area contributed by atoms with Crippen LogP contribution < -0.4 is 15.6 Å². The minimum Gasteiger partial charge on any atom is -0.477 e. The van der Waals surface area contributed by atoms with Crippen LogP contribution in [0.5, 0.6) is 5.88 Å². The molecule has 0 saturated carbocycles. The first-order valence-electron chi connectivity index (χ1n) is 11.8. The Hall–Kier alpha value is -2.68. The van der Waals surface area contributed by atoms with Crippen LogP contribution >= 0.6 is 0 Å². The van der Waals surface area contributed by atoms with E-state index in [2.05, 4.69) is 22.1 Å². The van der Waals surface area contributed by atoms with E-state index in [1.807, 2.05) is 18.2 Å². The normalized spacial score (nSPS) is 20.4. The molecule has 5 heterocycles. The fraction of sp³-hybridized carbons (Fsp3) is 0.520. The number of ether oxygens (including phenoxy) is 2. The lowest BCUT2D eigenvalue weighted by Crippen LogP contribution is -2.49. The molecule has 0 spiro atoms. The van der Waals surface area contributed by atoms with Crippen molar-refractivity contribution >= 4 is 11.0 Å². The Balaban J connectivity index is 1.50. The zero-order valence-electron chi connectivity index (χ0n) is 19.4. The van der Waals surface area contributed by atoms with E-state index in [1.165, 1.54) is 0 Å². The van der Waals surface area contributed by atoms with Crippen molar-refractivity contribution in [2.45, 2.75) is 32.4 Å². The maximum absolute atomic E-state index is 13.1. The third kappa shape index (κ3) is 4.69. The first-order valence-corrected chi connectivity index (χ1v) is 11.8. The molecule has 176 valence electrons. The SMILES string of the molecule is CC1CNCCN1Cc1oc2ccn(C)c(=O)c2c1-c1ccnc(OCC2CCOCC2)c1. The maximum Gasteiger partial charge on any atom is 0.262 e. The lowest BCUT2D eigenvalue weighted by molar-refractivity contribution is 0.0490. The third-order valence-corrected chi connectivity index (χ3v) is 6.81. The number of aryl methyl sites for hydroxylation is 1. The molecule has 1 N–H and O–H groups in total. The molecule has 8 nitrogen and oxygen atoms in total. The molecule has 2 fully saturated rings. The monoisotopic (exact) mass is 452 g/mol. The van der Waals surface area contributed by atoms with Gasteiger partial charge in [0.05, 0.1) is 18.5 Å². The van der Waals surface area contributed by atoms with Gasteiger partial charge in [-0.25, -0.2) is 4.98 Å². The summed E-state index contributed by atoms with van der Waals surface area (Å²) in [5.74, 6) is 1.86. The third-order valence-electron chi connectivity index (χ3n) is 6.81. The first-order chi connectivity index (χ1) is 16.1. The second-order valence-electron chi connectivity index (χ2n) is 9.14. The summed E-state index contributed by atoms with van der Waals surface area (Å²) in [5.41, 5.74) is 2.29.